The number of urea groups is 1. The maximum absolute atomic E-state index is 13.8. The van der Waals surface area contributed by atoms with Crippen LogP contribution in [-0.2, 0) is 0 Å². The highest BCUT2D eigenvalue weighted by Crippen LogP contribution is 2.32. The quantitative estimate of drug-likeness (QED) is 0.547. The summed E-state index contributed by atoms with van der Waals surface area (Å²) in [6.45, 7) is 0.431. The van der Waals surface area contributed by atoms with Gasteiger partial charge in [-0.3, -0.25) is 4.79 Å². The second-order valence-electron chi connectivity index (χ2n) is 7.41. The Morgan fingerprint density at radius 2 is 2.11 bits per heavy atom. The highest BCUT2D eigenvalue weighted by Gasteiger charge is 2.25. The number of aromatic nitrogens is 1. The van der Waals surface area contributed by atoms with Gasteiger partial charge in [-0.2, -0.15) is 0 Å². The summed E-state index contributed by atoms with van der Waals surface area (Å²) in [4.78, 5) is 27.8. The van der Waals surface area contributed by atoms with Crippen molar-refractivity contribution < 1.29 is 14.0 Å². The first-order valence-corrected chi connectivity index (χ1v) is 9.64. The molecule has 28 heavy (non-hydrogen) atoms. The van der Waals surface area contributed by atoms with E-state index in [1.165, 1.54) is 12.1 Å². The van der Waals surface area contributed by atoms with Crippen molar-refractivity contribution in [3.05, 3.63) is 41.5 Å². The molecule has 8 heteroatoms. The number of carbonyl (C=O) groups excluding carboxylic acids is 2. The van der Waals surface area contributed by atoms with Gasteiger partial charge in [-0.25, -0.2) is 9.18 Å². The highest BCUT2D eigenvalue weighted by molar-refractivity contribution is 6.07. The van der Waals surface area contributed by atoms with Gasteiger partial charge in [-0.05, 0) is 43.0 Å². The Morgan fingerprint density at radius 3 is 2.93 bits per heavy atom. The third kappa shape index (κ3) is 3.60. The minimum absolute atomic E-state index is 0.0324. The number of benzene rings is 1. The molecule has 0 radical (unpaired) electrons. The lowest BCUT2D eigenvalue weighted by molar-refractivity contribution is 0.0952. The number of fused-ring (bicyclic) bond motifs is 3. The van der Waals surface area contributed by atoms with Crippen LogP contribution in [0.5, 0.6) is 0 Å². The van der Waals surface area contributed by atoms with Crippen molar-refractivity contribution >= 4 is 28.4 Å². The number of hydrogen-bond donors (Lipinski definition) is 5. The van der Waals surface area contributed by atoms with Crippen LogP contribution in [0.1, 0.15) is 48.2 Å². The van der Waals surface area contributed by atoms with E-state index in [2.05, 4.69) is 20.9 Å². The smallest absolute Gasteiger partial charge is 0.319 e. The normalized spacial score (nSPS) is 23.8. The van der Waals surface area contributed by atoms with Crippen LogP contribution in [0.2, 0.25) is 0 Å². The molecular formula is C20H24FN5O2. The molecule has 3 amide bonds. The Hall–Kier alpha value is -2.87. The molecule has 1 saturated carbocycles. The number of carbonyl (C=O) groups is 2. The topological polar surface area (TPSA) is 112 Å². The van der Waals surface area contributed by atoms with Gasteiger partial charge in [-0.1, -0.05) is 12.8 Å². The van der Waals surface area contributed by atoms with Crippen molar-refractivity contribution in [2.24, 2.45) is 5.73 Å². The average Bonchev–Trinajstić information content (AvgIpc) is 2.97. The fourth-order valence-corrected chi connectivity index (χ4v) is 4.04. The van der Waals surface area contributed by atoms with Crippen molar-refractivity contribution in [3.8, 4) is 0 Å². The van der Waals surface area contributed by atoms with Crippen LogP contribution in [-0.4, -0.2) is 35.6 Å². The van der Waals surface area contributed by atoms with E-state index in [4.69, 9.17) is 5.73 Å². The zero-order valence-electron chi connectivity index (χ0n) is 15.5. The molecule has 2 aromatic rings. The third-order valence-corrected chi connectivity index (χ3v) is 5.50. The monoisotopic (exact) mass is 385 g/mol. The summed E-state index contributed by atoms with van der Waals surface area (Å²) < 4.78 is 13.8. The zero-order valence-corrected chi connectivity index (χ0v) is 15.5. The van der Waals surface area contributed by atoms with Crippen molar-refractivity contribution in [2.75, 3.05) is 6.54 Å². The van der Waals surface area contributed by atoms with E-state index in [1.807, 2.05) is 0 Å². The number of rotatable bonds is 2. The number of amides is 3. The molecule has 6 N–H and O–H groups in total. The molecule has 0 spiro atoms. The Bertz CT molecular complexity index is 951. The second kappa shape index (κ2) is 7.63. The predicted molar refractivity (Wildman–Crippen MR) is 105 cm³/mol. The molecule has 7 nitrogen and oxygen atoms in total. The van der Waals surface area contributed by atoms with Gasteiger partial charge in [0.2, 0.25) is 0 Å². The fourth-order valence-electron chi connectivity index (χ4n) is 4.04. The number of aromatic amines is 1. The summed E-state index contributed by atoms with van der Waals surface area (Å²) >= 11 is 0. The largest absolute Gasteiger partial charge is 0.350 e. The molecule has 0 unspecified atom stereocenters. The number of halogens is 1. The Balaban J connectivity index is 1.60. The number of nitrogens with two attached hydrogens (primary N) is 1. The summed E-state index contributed by atoms with van der Waals surface area (Å²) in [5, 5.41) is 9.12. The van der Waals surface area contributed by atoms with Gasteiger partial charge >= 0.3 is 6.03 Å². The first-order valence-electron chi connectivity index (χ1n) is 9.64. The van der Waals surface area contributed by atoms with Crippen molar-refractivity contribution in [3.63, 3.8) is 0 Å². The number of hydrogen-bond acceptors (Lipinski definition) is 3. The standard InChI is InChI=1S/C20H24FN5O2/c21-12-5-6-15-13(9-12)17-11(7-8-23-19(27)18(17)25-15)10-24-20(28)26-16-4-2-1-3-14(16)22/h5-6,9-10,14,16,25H,1-4,7-8,22H2,(H,23,27)(H2,24,26,28)/b11-10+/t14-,16-/m1/s1. The molecule has 1 aliphatic heterocycles. The summed E-state index contributed by atoms with van der Waals surface area (Å²) in [6, 6.07) is 3.95. The van der Waals surface area contributed by atoms with Crippen molar-refractivity contribution in [1.29, 1.82) is 0 Å². The highest BCUT2D eigenvalue weighted by atomic mass is 19.1. The van der Waals surface area contributed by atoms with E-state index >= 15 is 0 Å². The van der Waals surface area contributed by atoms with Crippen LogP contribution in [0.25, 0.3) is 16.5 Å². The van der Waals surface area contributed by atoms with Gasteiger partial charge in [-0.15, -0.1) is 0 Å². The summed E-state index contributed by atoms with van der Waals surface area (Å²) in [6.07, 6.45) is 6.04. The van der Waals surface area contributed by atoms with Gasteiger partial charge in [0.15, 0.2) is 0 Å². The molecule has 1 fully saturated rings. The lowest BCUT2D eigenvalue weighted by Crippen LogP contribution is -2.51. The predicted octanol–water partition coefficient (Wildman–Crippen LogP) is 2.35. The lowest BCUT2D eigenvalue weighted by atomic mass is 9.91. The molecule has 1 aromatic carbocycles. The van der Waals surface area contributed by atoms with E-state index in [0.717, 1.165) is 31.3 Å². The molecule has 0 saturated heterocycles. The lowest BCUT2D eigenvalue weighted by Gasteiger charge is -2.29. The second-order valence-corrected chi connectivity index (χ2v) is 7.41. The number of nitrogens with one attached hydrogen (secondary N) is 4. The summed E-state index contributed by atoms with van der Waals surface area (Å²) in [7, 11) is 0. The molecule has 2 atom stereocenters. The zero-order chi connectivity index (χ0) is 19.7. The first-order chi connectivity index (χ1) is 13.5. The molecule has 0 bridgehead atoms. The molecule has 148 valence electrons. The minimum atomic E-state index is -0.379. The molecule has 1 aromatic heterocycles. The SMILES string of the molecule is N[C@@H]1CCCC[C@H]1NC(=O)N/C=C1\CCNC(=O)c2[nH]c3ccc(F)cc3c21. The summed E-state index contributed by atoms with van der Waals surface area (Å²) in [5.41, 5.74) is 8.52. The third-order valence-electron chi connectivity index (χ3n) is 5.50. The maximum atomic E-state index is 13.8. The van der Waals surface area contributed by atoms with Crippen molar-refractivity contribution in [2.45, 2.75) is 44.2 Å². The van der Waals surface area contributed by atoms with Gasteiger partial charge in [0.25, 0.3) is 5.91 Å². The molecule has 2 aliphatic rings. The van der Waals surface area contributed by atoms with E-state index in [0.29, 0.717) is 35.1 Å². The van der Waals surface area contributed by atoms with Crippen LogP contribution < -0.4 is 21.7 Å². The van der Waals surface area contributed by atoms with Crippen molar-refractivity contribution in [1.82, 2.24) is 20.9 Å². The van der Waals surface area contributed by atoms with Gasteiger partial charge in [0.1, 0.15) is 11.5 Å². The van der Waals surface area contributed by atoms with E-state index < -0.39 is 0 Å². The van der Waals surface area contributed by atoms with Crippen LogP contribution in [0.4, 0.5) is 9.18 Å². The molecular weight excluding hydrogens is 361 g/mol. The van der Waals surface area contributed by atoms with E-state index in [9.17, 15) is 14.0 Å². The van der Waals surface area contributed by atoms with Crippen LogP contribution >= 0.6 is 0 Å². The summed E-state index contributed by atoms with van der Waals surface area (Å²) in [5.74, 6) is -0.622. The van der Waals surface area contributed by atoms with Crippen LogP contribution in [0.15, 0.2) is 24.4 Å². The molecule has 4 rings (SSSR count). The first kappa shape index (κ1) is 18.5. The van der Waals surface area contributed by atoms with Gasteiger partial charge in [0, 0.05) is 41.3 Å². The molecule has 2 heterocycles. The Labute approximate surface area is 161 Å². The Kier molecular flexibility index (Phi) is 5.04. The van der Waals surface area contributed by atoms with Crippen LogP contribution in [0, 0.1) is 5.82 Å². The van der Waals surface area contributed by atoms with E-state index in [-0.39, 0.29) is 29.8 Å². The van der Waals surface area contributed by atoms with Crippen LogP contribution in [0.3, 0.4) is 0 Å². The van der Waals surface area contributed by atoms with Gasteiger partial charge < -0.3 is 26.7 Å². The fraction of sp³-hybridized carbons (Fsp3) is 0.400. The van der Waals surface area contributed by atoms with E-state index in [1.54, 1.807) is 12.3 Å². The Morgan fingerprint density at radius 1 is 1.29 bits per heavy atom. The average molecular weight is 385 g/mol. The van der Waals surface area contributed by atoms with Gasteiger partial charge in [0.05, 0.1) is 0 Å². The maximum Gasteiger partial charge on any atom is 0.319 e. The number of H-pyrrole nitrogens is 1. The molecule has 1 aliphatic carbocycles. The minimum Gasteiger partial charge on any atom is -0.350 e.